The highest BCUT2D eigenvalue weighted by molar-refractivity contribution is 7.86. The summed E-state index contributed by atoms with van der Waals surface area (Å²) in [4.78, 5) is 4.13. The third-order valence-electron chi connectivity index (χ3n) is 4.86. The Labute approximate surface area is 167 Å². The highest BCUT2D eigenvalue weighted by atomic mass is 32.2. The Kier molecular flexibility index (Phi) is 5.92. The quantitative estimate of drug-likeness (QED) is 0.581. The fourth-order valence-corrected chi connectivity index (χ4v) is 4.22. The van der Waals surface area contributed by atoms with E-state index in [-0.39, 0.29) is 0 Å². The number of hydrogen-bond acceptors (Lipinski definition) is 3. The lowest BCUT2D eigenvalue weighted by Crippen LogP contribution is -2.38. The van der Waals surface area contributed by atoms with Crippen LogP contribution in [0.2, 0.25) is 0 Å². The van der Waals surface area contributed by atoms with Crippen LogP contribution in [0.4, 0.5) is 0 Å². The van der Waals surface area contributed by atoms with Crippen LogP contribution < -0.4 is 0 Å². The molecule has 8 heteroatoms. The van der Waals surface area contributed by atoms with Crippen LogP contribution in [0.3, 0.4) is 0 Å². The maximum Gasteiger partial charge on any atom is 0.281 e. The van der Waals surface area contributed by atoms with Crippen LogP contribution in [-0.4, -0.2) is 58.8 Å². The number of imidazole rings is 1. The van der Waals surface area contributed by atoms with Gasteiger partial charge in [0.2, 0.25) is 0 Å². The minimum Gasteiger partial charge on any atom is -0.347 e. The zero-order valence-corrected chi connectivity index (χ0v) is 18.0. The number of likely N-dealkylation sites (N-methyl/N-ethyl adjacent to an activating group) is 1. The van der Waals surface area contributed by atoms with Gasteiger partial charge in [-0.15, -0.1) is 0 Å². The monoisotopic (exact) mass is 403 g/mol. The van der Waals surface area contributed by atoms with Crippen LogP contribution in [0, 0.1) is 5.92 Å². The predicted octanol–water partition coefficient (Wildman–Crippen LogP) is 2.76. The van der Waals surface area contributed by atoms with Gasteiger partial charge in [0.05, 0.1) is 11.8 Å². The molecule has 0 spiro atoms. The van der Waals surface area contributed by atoms with Crippen molar-refractivity contribution in [3.63, 3.8) is 0 Å². The minimum absolute atomic E-state index is 0.435. The van der Waals surface area contributed by atoms with Crippen molar-refractivity contribution in [3.8, 4) is 5.69 Å². The van der Waals surface area contributed by atoms with Crippen LogP contribution in [0.15, 0.2) is 43.1 Å². The zero-order chi connectivity index (χ0) is 20.5. The summed E-state index contributed by atoms with van der Waals surface area (Å²) in [5, 5.41) is 1.17. The number of fused-ring (bicyclic) bond motifs is 1. The molecule has 3 rings (SSSR count). The Bertz CT molecular complexity index is 1040. The standard InChI is InChI=1S/C20H29N5O2S/c1-16(2)13-25-14-17(8-10-23(5)28(26,27)22(3)4)19-7-6-18(12-20(19)25)24-11-9-21-15-24/h6-7,9,11-12,14-16H,8,10,13H2,1-5H3. The number of rotatable bonds is 8. The van der Waals surface area contributed by atoms with Gasteiger partial charge in [0.1, 0.15) is 0 Å². The summed E-state index contributed by atoms with van der Waals surface area (Å²) in [6, 6.07) is 6.37. The summed E-state index contributed by atoms with van der Waals surface area (Å²) in [5.74, 6) is 0.511. The van der Waals surface area contributed by atoms with E-state index in [0.717, 1.165) is 23.3 Å². The average molecular weight is 404 g/mol. The van der Waals surface area contributed by atoms with E-state index >= 15 is 0 Å². The Balaban J connectivity index is 1.94. The molecule has 152 valence electrons. The molecule has 0 aliphatic heterocycles. The van der Waals surface area contributed by atoms with E-state index in [2.05, 4.69) is 47.8 Å². The zero-order valence-electron chi connectivity index (χ0n) is 17.2. The van der Waals surface area contributed by atoms with E-state index in [1.807, 2.05) is 10.8 Å². The Hall–Kier alpha value is -2.16. The van der Waals surface area contributed by atoms with Crippen molar-refractivity contribution in [2.45, 2.75) is 26.8 Å². The molecule has 0 amide bonds. The van der Waals surface area contributed by atoms with Crippen molar-refractivity contribution in [3.05, 3.63) is 48.7 Å². The third kappa shape index (κ3) is 4.14. The molecule has 2 aromatic heterocycles. The SMILES string of the molecule is CC(C)Cn1cc(CCN(C)S(=O)(=O)N(C)C)c2ccc(-n3ccnc3)cc21. The van der Waals surface area contributed by atoms with Gasteiger partial charge in [-0.2, -0.15) is 17.0 Å². The molecule has 0 N–H and O–H groups in total. The maximum atomic E-state index is 12.3. The van der Waals surface area contributed by atoms with Gasteiger partial charge < -0.3 is 9.13 Å². The summed E-state index contributed by atoms with van der Waals surface area (Å²) in [5.41, 5.74) is 3.38. The van der Waals surface area contributed by atoms with Crippen LogP contribution in [0.1, 0.15) is 19.4 Å². The maximum absolute atomic E-state index is 12.3. The summed E-state index contributed by atoms with van der Waals surface area (Å²) in [7, 11) is 1.33. The first-order valence-corrected chi connectivity index (χ1v) is 10.8. The van der Waals surface area contributed by atoms with Gasteiger partial charge in [0.15, 0.2) is 0 Å². The Morgan fingerprint density at radius 3 is 2.54 bits per heavy atom. The van der Waals surface area contributed by atoms with Gasteiger partial charge in [0.25, 0.3) is 10.2 Å². The van der Waals surface area contributed by atoms with E-state index in [1.54, 1.807) is 33.7 Å². The molecule has 0 aliphatic carbocycles. The molecule has 1 aromatic carbocycles. The molecule has 28 heavy (non-hydrogen) atoms. The van der Waals surface area contributed by atoms with Crippen molar-refractivity contribution in [1.82, 2.24) is 22.7 Å². The molecule has 3 aromatic rings. The molecule has 0 unspecified atom stereocenters. The Morgan fingerprint density at radius 2 is 1.93 bits per heavy atom. The first kappa shape index (κ1) is 20.6. The van der Waals surface area contributed by atoms with Crippen LogP contribution >= 0.6 is 0 Å². The molecule has 0 fully saturated rings. The molecule has 7 nitrogen and oxygen atoms in total. The second kappa shape index (κ2) is 8.06. The van der Waals surface area contributed by atoms with Crippen molar-refractivity contribution in [2.24, 2.45) is 5.92 Å². The van der Waals surface area contributed by atoms with Gasteiger partial charge in [-0.1, -0.05) is 19.9 Å². The first-order valence-electron chi connectivity index (χ1n) is 9.44. The normalized spacial score (nSPS) is 12.7. The third-order valence-corrected chi connectivity index (χ3v) is 6.76. The molecule has 0 bridgehead atoms. The smallest absolute Gasteiger partial charge is 0.281 e. The minimum atomic E-state index is -3.40. The average Bonchev–Trinajstić information content (AvgIpc) is 3.27. The lowest BCUT2D eigenvalue weighted by molar-refractivity contribution is 0.419. The van der Waals surface area contributed by atoms with Crippen molar-refractivity contribution in [2.75, 3.05) is 27.7 Å². The lowest BCUT2D eigenvalue weighted by Gasteiger charge is -2.21. The molecule has 0 saturated heterocycles. The second-order valence-electron chi connectivity index (χ2n) is 7.73. The highest BCUT2D eigenvalue weighted by Gasteiger charge is 2.21. The van der Waals surface area contributed by atoms with Gasteiger partial charge in [-0.05, 0) is 30.0 Å². The van der Waals surface area contributed by atoms with E-state index < -0.39 is 10.2 Å². The van der Waals surface area contributed by atoms with Gasteiger partial charge in [0, 0.05) is 63.9 Å². The lowest BCUT2D eigenvalue weighted by atomic mass is 10.1. The predicted molar refractivity (Wildman–Crippen MR) is 113 cm³/mol. The van der Waals surface area contributed by atoms with Crippen molar-refractivity contribution < 1.29 is 8.42 Å². The summed E-state index contributed by atoms with van der Waals surface area (Å²) in [6.45, 7) is 5.74. The number of aromatic nitrogens is 3. The summed E-state index contributed by atoms with van der Waals surface area (Å²) in [6.07, 6.45) is 8.32. The molecule has 0 saturated carbocycles. The number of nitrogens with zero attached hydrogens (tertiary/aromatic N) is 5. The van der Waals surface area contributed by atoms with Gasteiger partial charge in [-0.3, -0.25) is 0 Å². The number of hydrogen-bond donors (Lipinski definition) is 0. The molecular formula is C20H29N5O2S. The molecular weight excluding hydrogens is 374 g/mol. The fourth-order valence-electron chi connectivity index (χ4n) is 3.34. The van der Waals surface area contributed by atoms with Crippen LogP contribution in [0.5, 0.6) is 0 Å². The Morgan fingerprint density at radius 1 is 1.18 bits per heavy atom. The van der Waals surface area contributed by atoms with Crippen molar-refractivity contribution in [1.29, 1.82) is 0 Å². The second-order valence-corrected chi connectivity index (χ2v) is 9.98. The first-order chi connectivity index (χ1) is 13.2. The molecule has 0 radical (unpaired) electrons. The van der Waals surface area contributed by atoms with Crippen molar-refractivity contribution >= 4 is 21.1 Å². The van der Waals surface area contributed by atoms with E-state index in [0.29, 0.717) is 18.9 Å². The highest BCUT2D eigenvalue weighted by Crippen LogP contribution is 2.26. The van der Waals surface area contributed by atoms with E-state index in [9.17, 15) is 8.42 Å². The van der Waals surface area contributed by atoms with Crippen LogP contribution in [0.25, 0.3) is 16.6 Å². The summed E-state index contributed by atoms with van der Waals surface area (Å²) >= 11 is 0. The number of benzene rings is 1. The molecule has 0 aliphatic rings. The largest absolute Gasteiger partial charge is 0.347 e. The molecule has 0 atom stereocenters. The van der Waals surface area contributed by atoms with Gasteiger partial charge >= 0.3 is 0 Å². The fraction of sp³-hybridized carbons (Fsp3) is 0.450. The van der Waals surface area contributed by atoms with Crippen LogP contribution in [-0.2, 0) is 23.2 Å². The topological polar surface area (TPSA) is 63.4 Å². The van der Waals surface area contributed by atoms with E-state index in [1.165, 1.54) is 14.0 Å². The summed E-state index contributed by atoms with van der Waals surface area (Å²) < 4.78 is 31.5. The van der Waals surface area contributed by atoms with Gasteiger partial charge in [-0.25, -0.2) is 4.98 Å². The van der Waals surface area contributed by atoms with E-state index in [4.69, 9.17) is 0 Å². The molecule has 2 heterocycles.